The Kier molecular flexibility index (Phi) is 6.18. The molecule has 1 aliphatic heterocycles. The van der Waals surface area contributed by atoms with Crippen LogP contribution in [-0.4, -0.2) is 57.9 Å². The van der Waals surface area contributed by atoms with E-state index in [9.17, 15) is 9.59 Å². The molecule has 1 aromatic heterocycles. The Bertz CT molecular complexity index is 1060. The van der Waals surface area contributed by atoms with E-state index in [1.807, 2.05) is 12.1 Å². The summed E-state index contributed by atoms with van der Waals surface area (Å²) in [7, 11) is 1.59. The number of amides is 2. The second-order valence-corrected chi connectivity index (χ2v) is 7.73. The third kappa shape index (κ3) is 4.86. The molecule has 0 bridgehead atoms. The summed E-state index contributed by atoms with van der Waals surface area (Å²) in [6.45, 7) is 1.08. The van der Waals surface area contributed by atoms with Gasteiger partial charge in [0.15, 0.2) is 5.69 Å². The van der Waals surface area contributed by atoms with Crippen molar-refractivity contribution in [1.29, 1.82) is 0 Å². The first kappa shape index (κ1) is 20.9. The van der Waals surface area contributed by atoms with Gasteiger partial charge in [0.05, 0.1) is 19.0 Å². The molecule has 1 N–H and O–H groups in total. The first-order valence-corrected chi connectivity index (χ1v) is 10.3. The minimum absolute atomic E-state index is 0.0170. The highest BCUT2D eigenvalue weighted by Gasteiger charge is 2.26. The predicted octanol–water partition coefficient (Wildman–Crippen LogP) is 2.96. The second kappa shape index (κ2) is 9.18. The van der Waals surface area contributed by atoms with Gasteiger partial charge >= 0.3 is 0 Å². The smallest absolute Gasteiger partial charge is 0.276 e. The number of nitrogens with one attached hydrogen (secondary N) is 1. The van der Waals surface area contributed by atoms with E-state index in [1.165, 1.54) is 0 Å². The van der Waals surface area contributed by atoms with Gasteiger partial charge in [0.2, 0.25) is 0 Å². The normalized spacial score (nSPS) is 14.3. The number of hydrogen-bond acceptors (Lipinski definition) is 5. The van der Waals surface area contributed by atoms with E-state index >= 15 is 0 Å². The van der Waals surface area contributed by atoms with Crippen molar-refractivity contribution in [2.75, 3.05) is 20.2 Å². The molecule has 9 heteroatoms. The highest BCUT2D eigenvalue weighted by molar-refractivity contribution is 6.30. The van der Waals surface area contributed by atoms with Crippen molar-refractivity contribution in [2.45, 2.75) is 18.9 Å². The third-order valence-electron chi connectivity index (χ3n) is 5.27. The van der Waals surface area contributed by atoms with Crippen LogP contribution in [0.4, 0.5) is 0 Å². The zero-order valence-electron chi connectivity index (χ0n) is 17.0. The van der Waals surface area contributed by atoms with Crippen LogP contribution in [0.25, 0.3) is 5.69 Å². The average Bonchev–Trinajstić information content (AvgIpc) is 3.30. The van der Waals surface area contributed by atoms with E-state index in [1.54, 1.807) is 59.3 Å². The fourth-order valence-electron chi connectivity index (χ4n) is 3.48. The van der Waals surface area contributed by atoms with Gasteiger partial charge in [-0.2, -0.15) is 0 Å². The highest BCUT2D eigenvalue weighted by Crippen LogP contribution is 2.17. The Labute approximate surface area is 184 Å². The van der Waals surface area contributed by atoms with Crippen LogP contribution in [0, 0.1) is 0 Å². The topological polar surface area (TPSA) is 89.4 Å². The van der Waals surface area contributed by atoms with Crippen LogP contribution >= 0.6 is 11.6 Å². The minimum atomic E-state index is -0.167. The largest absolute Gasteiger partial charge is 0.497 e. The molecule has 31 heavy (non-hydrogen) atoms. The van der Waals surface area contributed by atoms with E-state index in [2.05, 4.69) is 15.6 Å². The Morgan fingerprint density at radius 3 is 2.39 bits per heavy atom. The van der Waals surface area contributed by atoms with Crippen molar-refractivity contribution in [1.82, 2.24) is 25.2 Å². The number of piperidine rings is 1. The van der Waals surface area contributed by atoms with Crippen LogP contribution < -0.4 is 10.1 Å². The summed E-state index contributed by atoms with van der Waals surface area (Å²) in [4.78, 5) is 27.0. The lowest BCUT2D eigenvalue weighted by atomic mass is 10.0. The maximum atomic E-state index is 12.8. The molecule has 4 rings (SSSR count). The molecule has 8 nitrogen and oxygen atoms in total. The van der Waals surface area contributed by atoms with Gasteiger partial charge in [0.1, 0.15) is 5.75 Å². The Balaban J connectivity index is 1.31. The summed E-state index contributed by atoms with van der Waals surface area (Å²) in [6, 6.07) is 14.1. The lowest BCUT2D eigenvalue weighted by Crippen LogP contribution is -2.46. The van der Waals surface area contributed by atoms with E-state index in [0.717, 1.165) is 5.69 Å². The van der Waals surface area contributed by atoms with Crippen LogP contribution in [0.15, 0.2) is 54.7 Å². The Morgan fingerprint density at radius 1 is 1.06 bits per heavy atom. The monoisotopic (exact) mass is 439 g/mol. The number of methoxy groups -OCH3 is 1. The van der Waals surface area contributed by atoms with Crippen molar-refractivity contribution in [2.24, 2.45) is 0 Å². The number of benzene rings is 2. The van der Waals surface area contributed by atoms with Crippen LogP contribution in [0.1, 0.15) is 33.7 Å². The van der Waals surface area contributed by atoms with E-state index in [4.69, 9.17) is 16.3 Å². The van der Waals surface area contributed by atoms with E-state index < -0.39 is 0 Å². The Morgan fingerprint density at radius 2 is 1.74 bits per heavy atom. The zero-order chi connectivity index (χ0) is 21.8. The molecular formula is C22H22ClN5O3. The number of carbonyl (C=O) groups excluding carboxylic acids is 2. The summed E-state index contributed by atoms with van der Waals surface area (Å²) in [6.07, 6.45) is 2.97. The molecule has 2 aromatic carbocycles. The van der Waals surface area contributed by atoms with Crippen molar-refractivity contribution in [3.8, 4) is 11.4 Å². The maximum Gasteiger partial charge on any atom is 0.276 e. The lowest BCUT2D eigenvalue weighted by molar-refractivity contribution is 0.0692. The van der Waals surface area contributed by atoms with Gasteiger partial charge in [-0.1, -0.05) is 16.8 Å². The zero-order valence-corrected chi connectivity index (χ0v) is 17.7. The molecule has 0 atom stereocenters. The molecule has 1 fully saturated rings. The quantitative estimate of drug-likeness (QED) is 0.660. The molecule has 0 spiro atoms. The summed E-state index contributed by atoms with van der Waals surface area (Å²) < 4.78 is 6.66. The SMILES string of the molecule is COc1ccc(C(=O)NC2CCN(C(=O)c3cn(-c4ccc(Cl)cc4)nn3)CC2)cc1. The van der Waals surface area contributed by atoms with E-state index in [-0.39, 0.29) is 23.6 Å². The number of carbonyl (C=O) groups is 2. The standard InChI is InChI=1S/C22H22ClN5O3/c1-31-19-8-2-15(3-9-19)21(29)24-17-10-12-27(13-11-17)22(30)20-14-28(26-25-20)18-6-4-16(23)5-7-18/h2-9,14,17H,10-13H2,1H3,(H,24,29). The minimum Gasteiger partial charge on any atom is -0.497 e. The summed E-state index contributed by atoms with van der Waals surface area (Å²) in [5.74, 6) is 0.412. The molecule has 0 saturated carbocycles. The fourth-order valence-corrected chi connectivity index (χ4v) is 3.61. The summed E-state index contributed by atoms with van der Waals surface area (Å²) >= 11 is 5.91. The van der Waals surface area contributed by atoms with Gasteiger partial charge in [0.25, 0.3) is 11.8 Å². The molecule has 3 aromatic rings. The molecule has 0 radical (unpaired) electrons. The van der Waals surface area contributed by atoms with Gasteiger partial charge in [-0.25, -0.2) is 4.68 Å². The molecule has 160 valence electrons. The number of rotatable bonds is 5. The third-order valence-corrected chi connectivity index (χ3v) is 5.53. The molecule has 0 unspecified atom stereocenters. The number of likely N-dealkylation sites (tertiary alicyclic amines) is 1. The van der Waals surface area contributed by atoms with E-state index in [0.29, 0.717) is 42.3 Å². The first-order chi connectivity index (χ1) is 15.0. The van der Waals surface area contributed by atoms with Crippen molar-refractivity contribution in [3.05, 3.63) is 71.0 Å². The van der Waals surface area contributed by atoms with Crippen LogP contribution in [0.3, 0.4) is 0 Å². The molecule has 2 heterocycles. The molecule has 1 saturated heterocycles. The molecule has 1 aliphatic rings. The number of halogens is 1. The molecule has 2 amide bonds. The van der Waals surface area contributed by atoms with Crippen molar-refractivity contribution < 1.29 is 14.3 Å². The number of hydrogen-bond donors (Lipinski definition) is 1. The van der Waals surface area contributed by atoms with Crippen molar-refractivity contribution >= 4 is 23.4 Å². The predicted molar refractivity (Wildman–Crippen MR) is 116 cm³/mol. The van der Waals surface area contributed by atoms with Crippen LogP contribution in [0.5, 0.6) is 5.75 Å². The lowest BCUT2D eigenvalue weighted by Gasteiger charge is -2.31. The average molecular weight is 440 g/mol. The van der Waals surface area contributed by atoms with Gasteiger partial charge in [-0.15, -0.1) is 5.10 Å². The molecule has 0 aliphatic carbocycles. The summed E-state index contributed by atoms with van der Waals surface area (Å²) in [5, 5.41) is 11.7. The van der Waals surface area contributed by atoms with Gasteiger partial charge in [-0.05, 0) is 61.4 Å². The number of ether oxygens (including phenoxy) is 1. The molecular weight excluding hydrogens is 418 g/mol. The van der Waals surface area contributed by atoms with Gasteiger partial charge in [0, 0.05) is 29.7 Å². The number of aromatic nitrogens is 3. The van der Waals surface area contributed by atoms with Gasteiger partial charge < -0.3 is 15.0 Å². The maximum absolute atomic E-state index is 12.8. The van der Waals surface area contributed by atoms with Gasteiger partial charge in [-0.3, -0.25) is 9.59 Å². The number of nitrogens with zero attached hydrogens (tertiary/aromatic N) is 4. The highest BCUT2D eigenvalue weighted by atomic mass is 35.5. The first-order valence-electron chi connectivity index (χ1n) is 9.96. The Hall–Kier alpha value is -3.39. The van der Waals surface area contributed by atoms with Crippen LogP contribution in [0.2, 0.25) is 5.02 Å². The van der Waals surface area contributed by atoms with Crippen molar-refractivity contribution in [3.63, 3.8) is 0 Å². The second-order valence-electron chi connectivity index (χ2n) is 7.29. The fraction of sp³-hybridized carbons (Fsp3) is 0.273. The summed E-state index contributed by atoms with van der Waals surface area (Å²) in [5.41, 5.74) is 1.64. The van der Waals surface area contributed by atoms with Crippen LogP contribution in [-0.2, 0) is 0 Å².